The zero-order valence-electron chi connectivity index (χ0n) is 12.6. The number of ether oxygens (including phenoxy) is 1. The summed E-state index contributed by atoms with van der Waals surface area (Å²) in [7, 11) is 0. The van der Waals surface area contributed by atoms with Crippen molar-refractivity contribution in [3.63, 3.8) is 0 Å². The van der Waals surface area contributed by atoms with Crippen molar-refractivity contribution in [3.05, 3.63) is 23.8 Å². The SMILES string of the molecule is CCOc1ccc(C(=O)N2CCCC2C(C)C)cc1N. The minimum Gasteiger partial charge on any atom is -0.492 e. The number of carbonyl (C=O) groups is 1. The second kappa shape index (κ2) is 6.16. The van der Waals surface area contributed by atoms with Gasteiger partial charge in [-0.05, 0) is 43.9 Å². The van der Waals surface area contributed by atoms with Gasteiger partial charge in [0.15, 0.2) is 0 Å². The van der Waals surface area contributed by atoms with Crippen LogP contribution in [0.3, 0.4) is 0 Å². The molecule has 0 spiro atoms. The van der Waals surface area contributed by atoms with E-state index in [-0.39, 0.29) is 5.91 Å². The fraction of sp³-hybridized carbons (Fsp3) is 0.562. The minimum absolute atomic E-state index is 0.0796. The van der Waals surface area contributed by atoms with Crippen LogP contribution >= 0.6 is 0 Å². The van der Waals surface area contributed by atoms with Crippen LogP contribution in [0.15, 0.2) is 18.2 Å². The molecule has 4 heteroatoms. The van der Waals surface area contributed by atoms with Gasteiger partial charge in [0.25, 0.3) is 5.91 Å². The Labute approximate surface area is 120 Å². The molecule has 2 N–H and O–H groups in total. The number of rotatable bonds is 4. The summed E-state index contributed by atoms with van der Waals surface area (Å²) in [6.45, 7) is 7.66. The largest absolute Gasteiger partial charge is 0.492 e. The highest BCUT2D eigenvalue weighted by atomic mass is 16.5. The first-order valence-corrected chi connectivity index (χ1v) is 7.38. The van der Waals surface area contributed by atoms with Crippen molar-refractivity contribution in [2.45, 2.75) is 39.7 Å². The third kappa shape index (κ3) is 2.89. The van der Waals surface area contributed by atoms with Crippen molar-refractivity contribution in [1.82, 2.24) is 4.90 Å². The molecule has 1 saturated heterocycles. The fourth-order valence-electron chi connectivity index (χ4n) is 2.87. The molecule has 0 saturated carbocycles. The van der Waals surface area contributed by atoms with E-state index in [1.54, 1.807) is 18.2 Å². The molecule has 0 bridgehead atoms. The minimum atomic E-state index is 0.0796. The van der Waals surface area contributed by atoms with Crippen LogP contribution in [0.4, 0.5) is 5.69 Å². The van der Waals surface area contributed by atoms with E-state index >= 15 is 0 Å². The van der Waals surface area contributed by atoms with Gasteiger partial charge in [0.05, 0.1) is 12.3 Å². The van der Waals surface area contributed by atoms with E-state index in [2.05, 4.69) is 13.8 Å². The predicted molar refractivity (Wildman–Crippen MR) is 80.9 cm³/mol. The van der Waals surface area contributed by atoms with Gasteiger partial charge in [0, 0.05) is 18.2 Å². The molecular formula is C16H24N2O2. The van der Waals surface area contributed by atoms with Crippen molar-refractivity contribution in [2.24, 2.45) is 5.92 Å². The average Bonchev–Trinajstić information content (AvgIpc) is 2.90. The van der Waals surface area contributed by atoms with E-state index in [0.717, 1.165) is 19.4 Å². The molecule has 4 nitrogen and oxygen atoms in total. The van der Waals surface area contributed by atoms with Crippen LogP contribution in [0.2, 0.25) is 0 Å². The van der Waals surface area contributed by atoms with Crippen molar-refractivity contribution in [2.75, 3.05) is 18.9 Å². The average molecular weight is 276 g/mol. The number of likely N-dealkylation sites (tertiary alicyclic amines) is 1. The topological polar surface area (TPSA) is 55.6 Å². The molecule has 110 valence electrons. The number of nitrogen functional groups attached to an aromatic ring is 1. The number of carbonyl (C=O) groups excluding carboxylic acids is 1. The second-order valence-electron chi connectivity index (χ2n) is 5.64. The zero-order chi connectivity index (χ0) is 14.7. The molecule has 1 aliphatic rings. The van der Waals surface area contributed by atoms with E-state index in [0.29, 0.717) is 35.6 Å². The first-order valence-electron chi connectivity index (χ1n) is 7.38. The molecule has 1 heterocycles. The van der Waals surface area contributed by atoms with E-state index < -0.39 is 0 Å². The molecule has 1 amide bonds. The van der Waals surface area contributed by atoms with Crippen LogP contribution in [0.5, 0.6) is 5.75 Å². The smallest absolute Gasteiger partial charge is 0.254 e. The number of anilines is 1. The van der Waals surface area contributed by atoms with Gasteiger partial charge in [0.2, 0.25) is 0 Å². The molecule has 2 rings (SSSR count). The number of hydrogen-bond donors (Lipinski definition) is 1. The summed E-state index contributed by atoms with van der Waals surface area (Å²) in [5.41, 5.74) is 7.12. The van der Waals surface area contributed by atoms with Gasteiger partial charge in [0.1, 0.15) is 5.75 Å². The lowest BCUT2D eigenvalue weighted by Gasteiger charge is -2.28. The third-order valence-corrected chi connectivity index (χ3v) is 3.89. The number of hydrogen-bond acceptors (Lipinski definition) is 3. The zero-order valence-corrected chi connectivity index (χ0v) is 12.6. The van der Waals surface area contributed by atoms with Crippen LogP contribution in [0.1, 0.15) is 44.0 Å². The Bertz CT molecular complexity index is 485. The number of benzene rings is 1. The molecule has 0 aliphatic carbocycles. The van der Waals surface area contributed by atoms with Crippen LogP contribution in [-0.2, 0) is 0 Å². The highest BCUT2D eigenvalue weighted by Crippen LogP contribution is 2.28. The summed E-state index contributed by atoms with van der Waals surface area (Å²) in [5, 5.41) is 0. The Morgan fingerprint density at radius 1 is 1.50 bits per heavy atom. The third-order valence-electron chi connectivity index (χ3n) is 3.89. The van der Waals surface area contributed by atoms with Crippen molar-refractivity contribution in [1.29, 1.82) is 0 Å². The summed E-state index contributed by atoms with van der Waals surface area (Å²) in [6.07, 6.45) is 2.18. The lowest BCUT2D eigenvalue weighted by atomic mass is 10.0. The monoisotopic (exact) mass is 276 g/mol. The van der Waals surface area contributed by atoms with Crippen LogP contribution in [0, 0.1) is 5.92 Å². The lowest BCUT2D eigenvalue weighted by Crippen LogP contribution is -2.38. The Morgan fingerprint density at radius 2 is 2.25 bits per heavy atom. The molecular weight excluding hydrogens is 252 g/mol. The summed E-state index contributed by atoms with van der Waals surface area (Å²) >= 11 is 0. The summed E-state index contributed by atoms with van der Waals surface area (Å²) < 4.78 is 5.41. The van der Waals surface area contributed by atoms with Crippen molar-refractivity contribution >= 4 is 11.6 Å². The number of nitrogens with two attached hydrogens (primary N) is 1. The van der Waals surface area contributed by atoms with Gasteiger partial charge < -0.3 is 15.4 Å². The maximum absolute atomic E-state index is 12.6. The van der Waals surface area contributed by atoms with Crippen LogP contribution in [0.25, 0.3) is 0 Å². The Hall–Kier alpha value is -1.71. The number of amides is 1. The molecule has 0 radical (unpaired) electrons. The first kappa shape index (κ1) is 14.7. The summed E-state index contributed by atoms with van der Waals surface area (Å²) in [4.78, 5) is 14.6. The molecule has 1 aromatic rings. The fourth-order valence-corrected chi connectivity index (χ4v) is 2.87. The Morgan fingerprint density at radius 3 is 2.85 bits per heavy atom. The van der Waals surface area contributed by atoms with E-state index in [1.807, 2.05) is 11.8 Å². The summed E-state index contributed by atoms with van der Waals surface area (Å²) in [6, 6.07) is 5.66. The molecule has 1 atom stereocenters. The molecule has 1 unspecified atom stereocenters. The lowest BCUT2D eigenvalue weighted by molar-refractivity contribution is 0.0701. The van der Waals surface area contributed by atoms with Gasteiger partial charge in [-0.15, -0.1) is 0 Å². The van der Waals surface area contributed by atoms with Crippen molar-refractivity contribution < 1.29 is 9.53 Å². The van der Waals surface area contributed by atoms with Gasteiger partial charge in [-0.2, -0.15) is 0 Å². The van der Waals surface area contributed by atoms with E-state index in [4.69, 9.17) is 10.5 Å². The highest BCUT2D eigenvalue weighted by molar-refractivity contribution is 5.95. The normalized spacial score (nSPS) is 18.6. The maximum Gasteiger partial charge on any atom is 0.254 e. The predicted octanol–water partition coefficient (Wildman–Crippen LogP) is 2.93. The number of nitrogens with zero attached hydrogens (tertiary/aromatic N) is 1. The molecule has 1 aromatic carbocycles. The molecule has 1 aliphatic heterocycles. The van der Waals surface area contributed by atoms with Gasteiger partial charge in [-0.25, -0.2) is 0 Å². The van der Waals surface area contributed by atoms with Gasteiger partial charge in [-0.1, -0.05) is 13.8 Å². The van der Waals surface area contributed by atoms with Gasteiger partial charge >= 0.3 is 0 Å². The van der Waals surface area contributed by atoms with Crippen LogP contribution in [-0.4, -0.2) is 30.0 Å². The van der Waals surface area contributed by atoms with Crippen molar-refractivity contribution in [3.8, 4) is 5.75 Å². The quantitative estimate of drug-likeness (QED) is 0.860. The van der Waals surface area contributed by atoms with E-state index in [9.17, 15) is 4.79 Å². The highest BCUT2D eigenvalue weighted by Gasteiger charge is 2.31. The van der Waals surface area contributed by atoms with E-state index in [1.165, 1.54) is 0 Å². The Kier molecular flexibility index (Phi) is 4.53. The first-order chi connectivity index (χ1) is 9.54. The molecule has 0 aromatic heterocycles. The van der Waals surface area contributed by atoms with Gasteiger partial charge in [-0.3, -0.25) is 4.79 Å². The molecule has 20 heavy (non-hydrogen) atoms. The standard InChI is InChI=1S/C16H24N2O2/c1-4-20-15-8-7-12(10-13(15)17)16(19)18-9-5-6-14(18)11(2)3/h7-8,10-11,14H,4-6,9,17H2,1-3H3. The molecule has 1 fully saturated rings. The Balaban J connectivity index is 2.19. The second-order valence-corrected chi connectivity index (χ2v) is 5.64. The summed E-state index contributed by atoms with van der Waals surface area (Å²) in [5.74, 6) is 1.21. The van der Waals surface area contributed by atoms with Crippen LogP contribution < -0.4 is 10.5 Å². The maximum atomic E-state index is 12.6.